The van der Waals surface area contributed by atoms with E-state index in [1.54, 1.807) is 29.8 Å². The monoisotopic (exact) mass is 274 g/mol. The van der Waals surface area contributed by atoms with Crippen LogP contribution < -0.4 is 4.74 Å². The van der Waals surface area contributed by atoms with Gasteiger partial charge in [-0.3, -0.25) is 0 Å². The van der Waals surface area contributed by atoms with Crippen molar-refractivity contribution in [3.05, 3.63) is 35.2 Å². The number of aromatic nitrogens is 4. The normalized spacial score (nSPS) is 14.2. The van der Waals surface area contributed by atoms with Gasteiger partial charge >= 0.3 is 5.97 Å². The van der Waals surface area contributed by atoms with Crippen LogP contribution in [0.1, 0.15) is 40.6 Å². The molecule has 20 heavy (non-hydrogen) atoms. The number of hydrogen-bond acceptors (Lipinski definition) is 5. The largest absolute Gasteiger partial charge is 0.485 e. The van der Waals surface area contributed by atoms with Gasteiger partial charge in [-0.15, -0.1) is 5.10 Å². The predicted octanol–water partition coefficient (Wildman–Crippen LogP) is 1.59. The van der Waals surface area contributed by atoms with Gasteiger partial charge in [0.2, 0.25) is 0 Å². The minimum Gasteiger partial charge on any atom is -0.485 e. The molecule has 0 bridgehead atoms. The van der Waals surface area contributed by atoms with Gasteiger partial charge in [0.15, 0.2) is 5.82 Å². The van der Waals surface area contributed by atoms with E-state index >= 15 is 0 Å². The maximum Gasteiger partial charge on any atom is 0.336 e. The molecule has 1 aromatic heterocycles. The number of carboxylic acid groups (broad SMARTS) is 1. The fourth-order valence-corrected chi connectivity index (χ4v) is 2.05. The Labute approximate surface area is 115 Å². The van der Waals surface area contributed by atoms with Crippen molar-refractivity contribution >= 4 is 5.97 Å². The maximum atomic E-state index is 11.1. The van der Waals surface area contributed by atoms with Gasteiger partial charge in [-0.1, -0.05) is 6.07 Å². The van der Waals surface area contributed by atoms with E-state index in [0.29, 0.717) is 23.2 Å². The summed E-state index contributed by atoms with van der Waals surface area (Å²) in [5.74, 6) is 0.235. The standard InChI is InChI=1S/C13H14N4O3/c1-8-10(13(18)19)3-2-4-11(8)20-7-12-14-15-16-17(12)9-5-6-9/h2-4,9H,5-7H2,1H3,(H,18,19). The third-order valence-corrected chi connectivity index (χ3v) is 3.32. The summed E-state index contributed by atoms with van der Waals surface area (Å²) in [4.78, 5) is 11.1. The quantitative estimate of drug-likeness (QED) is 0.890. The van der Waals surface area contributed by atoms with Gasteiger partial charge in [0.05, 0.1) is 11.6 Å². The Morgan fingerprint density at radius 1 is 1.50 bits per heavy atom. The van der Waals surface area contributed by atoms with Crippen molar-refractivity contribution in [1.29, 1.82) is 0 Å². The molecule has 0 unspecified atom stereocenters. The van der Waals surface area contributed by atoms with Crippen LogP contribution >= 0.6 is 0 Å². The van der Waals surface area contributed by atoms with E-state index in [0.717, 1.165) is 12.8 Å². The number of carbonyl (C=O) groups is 1. The maximum absolute atomic E-state index is 11.1. The van der Waals surface area contributed by atoms with E-state index < -0.39 is 5.97 Å². The van der Waals surface area contributed by atoms with E-state index in [1.165, 1.54) is 0 Å². The van der Waals surface area contributed by atoms with Gasteiger partial charge in [0.1, 0.15) is 12.4 Å². The molecule has 1 heterocycles. The first kappa shape index (κ1) is 12.6. The van der Waals surface area contributed by atoms with Crippen molar-refractivity contribution in [3.8, 4) is 5.75 Å². The Kier molecular flexibility index (Phi) is 3.09. The van der Waals surface area contributed by atoms with Crippen LogP contribution in [0.4, 0.5) is 0 Å². The third-order valence-electron chi connectivity index (χ3n) is 3.32. The topological polar surface area (TPSA) is 90.1 Å². The summed E-state index contributed by atoms with van der Waals surface area (Å²) in [6, 6.07) is 5.34. The lowest BCUT2D eigenvalue weighted by Gasteiger charge is -2.10. The lowest BCUT2D eigenvalue weighted by Crippen LogP contribution is -2.08. The molecule has 0 saturated heterocycles. The number of tetrazole rings is 1. The van der Waals surface area contributed by atoms with Crippen LogP contribution in [0.2, 0.25) is 0 Å². The van der Waals surface area contributed by atoms with Crippen LogP contribution in [0.15, 0.2) is 18.2 Å². The average Bonchev–Trinajstić information content (AvgIpc) is 3.16. The smallest absolute Gasteiger partial charge is 0.336 e. The summed E-state index contributed by atoms with van der Waals surface area (Å²) in [5, 5.41) is 20.6. The third kappa shape index (κ3) is 2.34. The predicted molar refractivity (Wildman–Crippen MR) is 68.6 cm³/mol. The number of benzene rings is 1. The van der Waals surface area contributed by atoms with Crippen molar-refractivity contribution in [2.24, 2.45) is 0 Å². The van der Waals surface area contributed by atoms with Crippen molar-refractivity contribution in [2.45, 2.75) is 32.4 Å². The molecule has 1 fully saturated rings. The van der Waals surface area contributed by atoms with Crippen LogP contribution in [0.25, 0.3) is 0 Å². The number of rotatable bonds is 5. The molecule has 0 aliphatic heterocycles. The van der Waals surface area contributed by atoms with E-state index in [1.807, 2.05) is 0 Å². The first-order valence-electron chi connectivity index (χ1n) is 6.39. The second kappa shape index (κ2) is 4.92. The van der Waals surface area contributed by atoms with Crippen LogP contribution in [0.5, 0.6) is 5.75 Å². The zero-order valence-electron chi connectivity index (χ0n) is 11.0. The number of carboxylic acids is 1. The van der Waals surface area contributed by atoms with Gasteiger partial charge in [-0.2, -0.15) is 0 Å². The molecular formula is C13H14N4O3. The minimum absolute atomic E-state index is 0.230. The van der Waals surface area contributed by atoms with Crippen LogP contribution in [-0.4, -0.2) is 31.3 Å². The lowest BCUT2D eigenvalue weighted by atomic mass is 10.1. The molecule has 7 heteroatoms. The summed E-state index contributed by atoms with van der Waals surface area (Å²) in [6.07, 6.45) is 2.18. The van der Waals surface area contributed by atoms with E-state index in [9.17, 15) is 4.79 Å². The molecule has 104 valence electrons. The molecule has 0 atom stereocenters. The van der Waals surface area contributed by atoms with Gasteiger partial charge in [0.25, 0.3) is 0 Å². The average molecular weight is 274 g/mol. The first-order valence-corrected chi connectivity index (χ1v) is 6.39. The molecule has 1 saturated carbocycles. The Bertz CT molecular complexity index is 649. The molecule has 1 aromatic carbocycles. The molecule has 0 spiro atoms. The SMILES string of the molecule is Cc1c(OCc2nnnn2C2CC2)cccc1C(=O)O. The van der Waals surface area contributed by atoms with Gasteiger partial charge in [-0.05, 0) is 42.3 Å². The van der Waals surface area contributed by atoms with Crippen molar-refractivity contribution in [2.75, 3.05) is 0 Å². The number of ether oxygens (including phenoxy) is 1. The number of hydrogen-bond donors (Lipinski definition) is 1. The summed E-state index contributed by atoms with van der Waals surface area (Å²) in [7, 11) is 0. The summed E-state index contributed by atoms with van der Waals surface area (Å²) in [5.41, 5.74) is 0.842. The second-order valence-electron chi connectivity index (χ2n) is 4.79. The van der Waals surface area contributed by atoms with Gasteiger partial charge in [-0.25, -0.2) is 9.48 Å². The van der Waals surface area contributed by atoms with Gasteiger partial charge < -0.3 is 9.84 Å². The molecule has 0 radical (unpaired) electrons. The molecule has 2 aromatic rings. The highest BCUT2D eigenvalue weighted by atomic mass is 16.5. The van der Waals surface area contributed by atoms with Crippen LogP contribution in [0.3, 0.4) is 0 Å². The fourth-order valence-electron chi connectivity index (χ4n) is 2.05. The molecular weight excluding hydrogens is 260 g/mol. The molecule has 1 N–H and O–H groups in total. The number of nitrogens with zero attached hydrogens (tertiary/aromatic N) is 4. The lowest BCUT2D eigenvalue weighted by molar-refractivity contribution is 0.0695. The Hall–Kier alpha value is -2.44. The molecule has 3 rings (SSSR count). The summed E-state index contributed by atoms with van der Waals surface area (Å²) < 4.78 is 7.44. The molecule has 7 nitrogen and oxygen atoms in total. The van der Waals surface area contributed by atoms with Crippen LogP contribution in [0, 0.1) is 6.92 Å². The highest BCUT2D eigenvalue weighted by molar-refractivity contribution is 5.90. The fraction of sp³-hybridized carbons (Fsp3) is 0.385. The summed E-state index contributed by atoms with van der Waals surface area (Å²) in [6.45, 7) is 1.95. The van der Waals surface area contributed by atoms with E-state index in [2.05, 4.69) is 15.5 Å². The van der Waals surface area contributed by atoms with Gasteiger partial charge in [0, 0.05) is 5.56 Å². The zero-order chi connectivity index (χ0) is 14.1. The summed E-state index contributed by atoms with van der Waals surface area (Å²) >= 11 is 0. The zero-order valence-corrected chi connectivity index (χ0v) is 11.0. The highest BCUT2D eigenvalue weighted by Gasteiger charge is 2.27. The van der Waals surface area contributed by atoms with E-state index in [-0.39, 0.29) is 12.2 Å². The minimum atomic E-state index is -0.962. The second-order valence-corrected chi connectivity index (χ2v) is 4.79. The first-order chi connectivity index (χ1) is 9.66. The van der Waals surface area contributed by atoms with Crippen molar-refractivity contribution < 1.29 is 14.6 Å². The molecule has 1 aliphatic rings. The van der Waals surface area contributed by atoms with E-state index in [4.69, 9.17) is 9.84 Å². The van der Waals surface area contributed by atoms with Crippen molar-refractivity contribution in [3.63, 3.8) is 0 Å². The Balaban J connectivity index is 1.76. The molecule has 0 amide bonds. The molecule has 1 aliphatic carbocycles. The number of aromatic carboxylic acids is 1. The highest BCUT2D eigenvalue weighted by Crippen LogP contribution is 2.34. The Morgan fingerprint density at radius 3 is 3.00 bits per heavy atom. The van der Waals surface area contributed by atoms with Crippen LogP contribution in [-0.2, 0) is 6.61 Å². The Morgan fingerprint density at radius 2 is 2.30 bits per heavy atom. The van der Waals surface area contributed by atoms with Crippen molar-refractivity contribution in [1.82, 2.24) is 20.2 Å².